The van der Waals surface area contributed by atoms with Crippen LogP contribution in [0.3, 0.4) is 0 Å². The Bertz CT molecular complexity index is 1110. The van der Waals surface area contributed by atoms with Crippen molar-refractivity contribution in [2.45, 2.75) is 17.8 Å². The fraction of sp³-hybridized carbons (Fsp3) is 0.0909. The fourth-order valence-electron chi connectivity index (χ4n) is 2.93. The molecular weight excluding hydrogens is 393 g/mol. The van der Waals surface area contributed by atoms with E-state index in [1.54, 1.807) is 6.07 Å². The minimum atomic E-state index is -0.238. The van der Waals surface area contributed by atoms with Crippen LogP contribution in [-0.4, -0.2) is 14.8 Å². The summed E-state index contributed by atoms with van der Waals surface area (Å²) in [7, 11) is 0. The number of rotatable bonds is 5. The van der Waals surface area contributed by atoms with E-state index in [1.165, 1.54) is 23.9 Å². The van der Waals surface area contributed by atoms with Gasteiger partial charge >= 0.3 is 0 Å². The van der Waals surface area contributed by atoms with E-state index in [1.807, 2.05) is 60.0 Å². The first-order valence-corrected chi connectivity index (χ1v) is 10.1. The summed E-state index contributed by atoms with van der Waals surface area (Å²) >= 11 is 7.58. The quantitative estimate of drug-likeness (QED) is 0.361. The molecule has 0 N–H and O–H groups in total. The molecule has 0 spiro atoms. The van der Waals surface area contributed by atoms with Gasteiger partial charge in [0.1, 0.15) is 5.82 Å². The van der Waals surface area contributed by atoms with Crippen LogP contribution >= 0.6 is 23.4 Å². The number of thioether (sulfide) groups is 1. The van der Waals surface area contributed by atoms with Crippen LogP contribution in [0.5, 0.6) is 0 Å². The molecule has 0 amide bonds. The number of benzene rings is 3. The third-order valence-electron chi connectivity index (χ3n) is 4.25. The highest BCUT2D eigenvalue weighted by molar-refractivity contribution is 7.98. The molecular formula is C22H17ClFN3S. The molecule has 0 atom stereocenters. The van der Waals surface area contributed by atoms with Crippen LogP contribution in [0.2, 0.25) is 5.02 Å². The maximum absolute atomic E-state index is 13.5. The van der Waals surface area contributed by atoms with Crippen molar-refractivity contribution in [1.82, 2.24) is 14.8 Å². The van der Waals surface area contributed by atoms with E-state index in [4.69, 9.17) is 11.6 Å². The monoisotopic (exact) mass is 409 g/mol. The van der Waals surface area contributed by atoms with Gasteiger partial charge in [0, 0.05) is 22.0 Å². The largest absolute Gasteiger partial charge is 0.270 e. The third kappa shape index (κ3) is 4.11. The molecule has 0 radical (unpaired) electrons. The molecule has 0 bridgehead atoms. The number of aromatic nitrogens is 3. The highest BCUT2D eigenvalue weighted by Gasteiger charge is 2.16. The average molecular weight is 410 g/mol. The van der Waals surface area contributed by atoms with Crippen molar-refractivity contribution in [1.29, 1.82) is 0 Å². The van der Waals surface area contributed by atoms with E-state index in [9.17, 15) is 4.39 Å². The summed E-state index contributed by atoms with van der Waals surface area (Å²) in [4.78, 5) is 0. The highest BCUT2D eigenvalue weighted by atomic mass is 35.5. The lowest BCUT2D eigenvalue weighted by Gasteiger charge is -2.11. The van der Waals surface area contributed by atoms with Crippen molar-refractivity contribution in [3.05, 3.63) is 94.8 Å². The molecule has 0 saturated carbocycles. The Balaban J connectivity index is 1.74. The van der Waals surface area contributed by atoms with Crippen LogP contribution in [0.15, 0.2) is 78.0 Å². The number of nitrogens with zero attached hydrogens (tertiary/aromatic N) is 3. The van der Waals surface area contributed by atoms with Crippen LogP contribution in [0, 0.1) is 12.7 Å². The zero-order chi connectivity index (χ0) is 19.5. The number of hydrogen-bond donors (Lipinski definition) is 0. The van der Waals surface area contributed by atoms with Gasteiger partial charge in [0.15, 0.2) is 11.0 Å². The van der Waals surface area contributed by atoms with Gasteiger partial charge in [0.05, 0.1) is 0 Å². The smallest absolute Gasteiger partial charge is 0.196 e. The molecule has 28 heavy (non-hydrogen) atoms. The number of aryl methyl sites for hydroxylation is 1. The fourth-order valence-corrected chi connectivity index (χ4v) is 3.95. The molecule has 6 heteroatoms. The van der Waals surface area contributed by atoms with Crippen LogP contribution in [0.25, 0.3) is 17.1 Å². The Morgan fingerprint density at radius 1 is 0.964 bits per heavy atom. The minimum Gasteiger partial charge on any atom is -0.270 e. The molecule has 1 heterocycles. The van der Waals surface area contributed by atoms with Crippen LogP contribution in [-0.2, 0) is 5.75 Å². The van der Waals surface area contributed by atoms with E-state index in [2.05, 4.69) is 16.3 Å². The molecule has 0 aliphatic carbocycles. The summed E-state index contributed by atoms with van der Waals surface area (Å²) in [5, 5.41) is 10.3. The summed E-state index contributed by atoms with van der Waals surface area (Å²) in [5.74, 6) is 1.11. The van der Waals surface area contributed by atoms with Crippen molar-refractivity contribution < 1.29 is 4.39 Å². The van der Waals surface area contributed by atoms with Gasteiger partial charge in [0.25, 0.3) is 0 Å². The van der Waals surface area contributed by atoms with E-state index in [0.717, 1.165) is 33.4 Å². The van der Waals surface area contributed by atoms with E-state index >= 15 is 0 Å². The van der Waals surface area contributed by atoms with E-state index in [0.29, 0.717) is 10.8 Å². The highest BCUT2D eigenvalue weighted by Crippen LogP contribution is 2.30. The lowest BCUT2D eigenvalue weighted by Crippen LogP contribution is -2.00. The standard InChI is InChI=1S/C22H17ClFN3S/c1-15-4-2-6-17(12-15)21-25-26-22(27(21)20-10-8-18(23)9-11-20)28-14-16-5-3-7-19(24)13-16/h2-13H,14H2,1H3. The summed E-state index contributed by atoms with van der Waals surface area (Å²) < 4.78 is 15.5. The zero-order valence-electron chi connectivity index (χ0n) is 15.1. The van der Waals surface area contributed by atoms with Crippen LogP contribution in [0.1, 0.15) is 11.1 Å². The molecule has 0 aliphatic rings. The van der Waals surface area contributed by atoms with Gasteiger partial charge < -0.3 is 0 Å². The van der Waals surface area contributed by atoms with E-state index < -0.39 is 0 Å². The van der Waals surface area contributed by atoms with Gasteiger partial charge in [-0.3, -0.25) is 4.57 Å². The SMILES string of the molecule is Cc1cccc(-c2nnc(SCc3cccc(F)c3)n2-c2ccc(Cl)cc2)c1. The van der Waals surface area contributed by atoms with Gasteiger partial charge in [-0.2, -0.15) is 0 Å². The normalized spacial score (nSPS) is 11.0. The number of hydrogen-bond acceptors (Lipinski definition) is 3. The number of halogens is 2. The first-order valence-electron chi connectivity index (χ1n) is 8.76. The van der Waals surface area contributed by atoms with Crippen molar-refractivity contribution in [2.24, 2.45) is 0 Å². The Morgan fingerprint density at radius 3 is 2.50 bits per heavy atom. The second-order valence-electron chi connectivity index (χ2n) is 6.41. The molecule has 4 rings (SSSR count). The summed E-state index contributed by atoms with van der Waals surface area (Å²) in [5.41, 5.74) is 3.96. The van der Waals surface area contributed by atoms with Gasteiger partial charge in [-0.15, -0.1) is 10.2 Å². The van der Waals surface area contributed by atoms with Crippen molar-refractivity contribution in [3.63, 3.8) is 0 Å². The lowest BCUT2D eigenvalue weighted by atomic mass is 10.1. The lowest BCUT2D eigenvalue weighted by molar-refractivity contribution is 0.626. The molecule has 3 nitrogen and oxygen atoms in total. The molecule has 1 aromatic heterocycles. The van der Waals surface area contributed by atoms with Crippen molar-refractivity contribution >= 4 is 23.4 Å². The average Bonchev–Trinajstić information content (AvgIpc) is 3.11. The molecule has 0 fully saturated rings. The van der Waals surface area contributed by atoms with Crippen molar-refractivity contribution in [3.8, 4) is 17.1 Å². The summed E-state index contributed by atoms with van der Waals surface area (Å²) in [6, 6.07) is 22.3. The Labute approximate surface area is 172 Å². The third-order valence-corrected chi connectivity index (χ3v) is 5.50. The van der Waals surface area contributed by atoms with Crippen LogP contribution in [0.4, 0.5) is 4.39 Å². The Morgan fingerprint density at radius 2 is 1.75 bits per heavy atom. The molecule has 0 aliphatic heterocycles. The molecule has 0 saturated heterocycles. The predicted molar refractivity (Wildman–Crippen MR) is 113 cm³/mol. The van der Waals surface area contributed by atoms with Crippen molar-refractivity contribution in [2.75, 3.05) is 0 Å². The molecule has 4 aromatic rings. The second-order valence-corrected chi connectivity index (χ2v) is 7.79. The summed E-state index contributed by atoms with van der Waals surface area (Å²) in [6.45, 7) is 2.05. The molecule has 3 aromatic carbocycles. The topological polar surface area (TPSA) is 30.7 Å². The minimum absolute atomic E-state index is 0.238. The van der Waals surface area contributed by atoms with Gasteiger partial charge in [-0.1, -0.05) is 59.3 Å². The summed E-state index contributed by atoms with van der Waals surface area (Å²) in [6.07, 6.45) is 0. The Kier molecular flexibility index (Phi) is 5.46. The first-order chi connectivity index (χ1) is 13.6. The molecule has 0 unspecified atom stereocenters. The van der Waals surface area contributed by atoms with Gasteiger partial charge in [-0.05, 0) is 55.0 Å². The Hall–Kier alpha value is -2.63. The second kappa shape index (κ2) is 8.17. The van der Waals surface area contributed by atoms with Gasteiger partial charge in [0.2, 0.25) is 0 Å². The van der Waals surface area contributed by atoms with Gasteiger partial charge in [-0.25, -0.2) is 4.39 Å². The maximum atomic E-state index is 13.5. The van der Waals surface area contributed by atoms with Crippen LogP contribution < -0.4 is 0 Å². The first kappa shape index (κ1) is 18.7. The predicted octanol–water partition coefficient (Wildman–Crippen LogP) is 6.33. The maximum Gasteiger partial charge on any atom is 0.196 e. The van der Waals surface area contributed by atoms with E-state index in [-0.39, 0.29) is 5.82 Å². The zero-order valence-corrected chi connectivity index (χ0v) is 16.7. The molecule has 140 valence electrons.